The molecule has 0 unspecified atom stereocenters. The maximum atomic E-state index is 12.5. The Labute approximate surface area is 212 Å². The van der Waals surface area contributed by atoms with Crippen LogP contribution < -0.4 is 10.2 Å². The number of carbonyl (C=O) groups excluding carboxylic acids is 2. The molecule has 0 aliphatic rings. The summed E-state index contributed by atoms with van der Waals surface area (Å²) in [4.78, 5) is 28.3. The number of benzene rings is 3. The van der Waals surface area contributed by atoms with E-state index in [0.717, 1.165) is 27.3 Å². The molecule has 178 valence electrons. The van der Waals surface area contributed by atoms with Gasteiger partial charge in [0.2, 0.25) is 0 Å². The first-order chi connectivity index (χ1) is 16.9. The molecule has 0 saturated carbocycles. The fourth-order valence-electron chi connectivity index (χ4n) is 3.39. The van der Waals surface area contributed by atoms with Crippen LogP contribution in [0.1, 0.15) is 25.0 Å². The summed E-state index contributed by atoms with van der Waals surface area (Å²) in [6.45, 7) is 3.75. The van der Waals surface area contributed by atoms with Crippen molar-refractivity contribution in [1.29, 1.82) is 0 Å². The van der Waals surface area contributed by atoms with Crippen LogP contribution in [0.2, 0.25) is 5.02 Å². The van der Waals surface area contributed by atoms with Gasteiger partial charge in [0.05, 0.1) is 29.0 Å². The zero-order valence-corrected chi connectivity index (χ0v) is 20.8. The molecule has 4 rings (SSSR count). The molecule has 7 nitrogen and oxygen atoms in total. The molecular formula is C26H23ClN4O3S. The molecular weight excluding hydrogens is 484 g/mol. The molecule has 1 amide bonds. The summed E-state index contributed by atoms with van der Waals surface area (Å²) in [7, 11) is 0. The molecule has 4 aromatic rings. The third-order valence-corrected chi connectivity index (χ3v) is 6.32. The third kappa shape index (κ3) is 6.49. The maximum absolute atomic E-state index is 12.5. The van der Waals surface area contributed by atoms with E-state index in [1.165, 1.54) is 18.7 Å². The first-order valence-corrected chi connectivity index (χ1v) is 12.2. The van der Waals surface area contributed by atoms with Gasteiger partial charge in [0, 0.05) is 11.9 Å². The number of amides is 1. The number of hydrogen-bond donors (Lipinski definition) is 1. The lowest BCUT2D eigenvalue weighted by Gasteiger charge is -2.09. The van der Waals surface area contributed by atoms with Crippen LogP contribution in [-0.4, -0.2) is 32.9 Å². The highest BCUT2D eigenvalue weighted by Gasteiger charge is 2.13. The van der Waals surface area contributed by atoms with Gasteiger partial charge in [-0.05, 0) is 66.6 Å². The first-order valence-electron chi connectivity index (χ1n) is 10.8. The standard InChI is InChI=1S/C26H23ClN4O3S/c1-17(20-9-13-22(14-10-20)34-18(2)32)29-30-25(33)16-35-26-28-23-5-3-4-6-24(23)31(26)15-19-7-11-21(27)12-8-19/h3-14H,15-16H2,1-2H3,(H,30,33). The average molecular weight is 507 g/mol. The Bertz CT molecular complexity index is 1380. The molecule has 0 spiro atoms. The topological polar surface area (TPSA) is 85.6 Å². The number of hydrazone groups is 1. The SMILES string of the molecule is CC(=O)Oc1ccc(C(C)=NNC(=O)CSc2nc3ccccc3n2Cc2ccc(Cl)cc2)cc1. The second kappa shape index (κ2) is 11.2. The Morgan fingerprint density at radius 1 is 1.03 bits per heavy atom. The number of imidazole rings is 1. The van der Waals surface area contributed by atoms with Crippen LogP contribution in [0.4, 0.5) is 0 Å². The van der Waals surface area contributed by atoms with Crippen LogP contribution in [0.25, 0.3) is 11.0 Å². The number of ether oxygens (including phenoxy) is 1. The van der Waals surface area contributed by atoms with Gasteiger partial charge in [-0.3, -0.25) is 9.59 Å². The van der Waals surface area contributed by atoms with E-state index in [9.17, 15) is 9.59 Å². The predicted octanol–water partition coefficient (Wildman–Crippen LogP) is 5.30. The molecule has 0 radical (unpaired) electrons. The first kappa shape index (κ1) is 24.5. The van der Waals surface area contributed by atoms with E-state index in [0.29, 0.717) is 23.0 Å². The van der Waals surface area contributed by atoms with E-state index in [4.69, 9.17) is 21.3 Å². The Kier molecular flexibility index (Phi) is 7.84. The van der Waals surface area contributed by atoms with Crippen molar-refractivity contribution in [1.82, 2.24) is 15.0 Å². The quantitative estimate of drug-likeness (QED) is 0.115. The van der Waals surface area contributed by atoms with Gasteiger partial charge < -0.3 is 9.30 Å². The number of carbonyl (C=O) groups is 2. The molecule has 9 heteroatoms. The van der Waals surface area contributed by atoms with Gasteiger partial charge in [0.1, 0.15) is 5.75 Å². The van der Waals surface area contributed by atoms with E-state index in [1.807, 2.05) is 48.5 Å². The van der Waals surface area contributed by atoms with Crippen molar-refractivity contribution >= 4 is 52.0 Å². The van der Waals surface area contributed by atoms with Crippen LogP contribution in [-0.2, 0) is 16.1 Å². The van der Waals surface area contributed by atoms with Gasteiger partial charge in [0.15, 0.2) is 5.16 Å². The van der Waals surface area contributed by atoms with E-state index in [-0.39, 0.29) is 17.6 Å². The smallest absolute Gasteiger partial charge is 0.308 e. The largest absolute Gasteiger partial charge is 0.427 e. The van der Waals surface area contributed by atoms with Gasteiger partial charge in [-0.15, -0.1) is 0 Å². The molecule has 0 aliphatic heterocycles. The molecule has 1 aromatic heterocycles. The number of aromatic nitrogens is 2. The molecule has 35 heavy (non-hydrogen) atoms. The van der Waals surface area contributed by atoms with Gasteiger partial charge in [-0.1, -0.05) is 47.6 Å². The number of hydrogen-bond acceptors (Lipinski definition) is 6. The van der Waals surface area contributed by atoms with E-state index < -0.39 is 0 Å². The summed E-state index contributed by atoms with van der Waals surface area (Å²) in [6, 6.07) is 22.5. The van der Waals surface area contributed by atoms with Crippen LogP contribution in [0.5, 0.6) is 5.75 Å². The summed E-state index contributed by atoms with van der Waals surface area (Å²) in [5.41, 5.74) is 6.99. The molecule has 3 aromatic carbocycles. The van der Waals surface area contributed by atoms with Crippen molar-refractivity contribution in [2.75, 3.05) is 5.75 Å². The molecule has 1 heterocycles. The number of para-hydroxylation sites is 2. The highest BCUT2D eigenvalue weighted by molar-refractivity contribution is 7.99. The Hall–Kier alpha value is -3.62. The van der Waals surface area contributed by atoms with Crippen molar-refractivity contribution in [3.05, 3.63) is 88.9 Å². The minimum Gasteiger partial charge on any atom is -0.427 e. The molecule has 0 atom stereocenters. The number of halogens is 1. The van der Waals surface area contributed by atoms with Gasteiger partial charge >= 0.3 is 5.97 Å². The highest BCUT2D eigenvalue weighted by Crippen LogP contribution is 2.25. The Morgan fingerprint density at radius 3 is 2.46 bits per heavy atom. The molecule has 0 saturated heterocycles. The Balaban J connectivity index is 1.42. The Morgan fingerprint density at radius 2 is 1.74 bits per heavy atom. The molecule has 0 aliphatic carbocycles. The summed E-state index contributed by atoms with van der Waals surface area (Å²) >= 11 is 7.38. The minimum absolute atomic E-state index is 0.159. The fourth-order valence-corrected chi connectivity index (χ4v) is 4.32. The third-order valence-electron chi connectivity index (χ3n) is 5.09. The lowest BCUT2D eigenvalue weighted by atomic mass is 10.1. The number of nitrogens with one attached hydrogen (secondary N) is 1. The lowest BCUT2D eigenvalue weighted by molar-refractivity contribution is -0.131. The van der Waals surface area contributed by atoms with E-state index >= 15 is 0 Å². The summed E-state index contributed by atoms with van der Waals surface area (Å²) in [5.74, 6) is -0.00639. The lowest BCUT2D eigenvalue weighted by Crippen LogP contribution is -2.21. The number of rotatable bonds is 8. The van der Waals surface area contributed by atoms with Gasteiger partial charge in [0.25, 0.3) is 5.91 Å². The van der Waals surface area contributed by atoms with Crippen LogP contribution in [0, 0.1) is 0 Å². The van der Waals surface area contributed by atoms with Crippen LogP contribution in [0.15, 0.2) is 83.1 Å². The summed E-state index contributed by atoms with van der Waals surface area (Å²) in [5, 5.41) is 5.63. The van der Waals surface area contributed by atoms with Crippen LogP contribution >= 0.6 is 23.4 Å². The zero-order chi connectivity index (χ0) is 24.8. The van der Waals surface area contributed by atoms with Crippen molar-refractivity contribution in [3.63, 3.8) is 0 Å². The molecule has 0 fully saturated rings. The minimum atomic E-state index is -0.380. The number of fused-ring (bicyclic) bond motifs is 1. The zero-order valence-electron chi connectivity index (χ0n) is 19.2. The van der Waals surface area contributed by atoms with Gasteiger partial charge in [-0.25, -0.2) is 10.4 Å². The van der Waals surface area contributed by atoms with Crippen molar-refractivity contribution in [2.45, 2.75) is 25.5 Å². The second-order valence-electron chi connectivity index (χ2n) is 7.73. The van der Waals surface area contributed by atoms with Gasteiger partial charge in [-0.2, -0.15) is 5.10 Å². The van der Waals surface area contributed by atoms with E-state index in [1.54, 1.807) is 31.2 Å². The number of thioether (sulfide) groups is 1. The summed E-state index contributed by atoms with van der Waals surface area (Å²) < 4.78 is 7.12. The predicted molar refractivity (Wildman–Crippen MR) is 139 cm³/mol. The average Bonchev–Trinajstić information content (AvgIpc) is 3.20. The van der Waals surface area contributed by atoms with Crippen molar-refractivity contribution in [3.8, 4) is 5.75 Å². The molecule has 0 bridgehead atoms. The number of esters is 1. The maximum Gasteiger partial charge on any atom is 0.308 e. The number of nitrogens with zero attached hydrogens (tertiary/aromatic N) is 3. The van der Waals surface area contributed by atoms with Crippen molar-refractivity contribution in [2.24, 2.45) is 5.10 Å². The monoisotopic (exact) mass is 506 g/mol. The second-order valence-corrected chi connectivity index (χ2v) is 9.11. The fraction of sp³-hybridized carbons (Fsp3) is 0.154. The summed E-state index contributed by atoms with van der Waals surface area (Å²) in [6.07, 6.45) is 0. The highest BCUT2D eigenvalue weighted by atomic mass is 35.5. The van der Waals surface area contributed by atoms with E-state index in [2.05, 4.69) is 15.1 Å². The van der Waals surface area contributed by atoms with Crippen molar-refractivity contribution < 1.29 is 14.3 Å². The normalized spacial score (nSPS) is 11.5. The van der Waals surface area contributed by atoms with Crippen LogP contribution in [0.3, 0.4) is 0 Å². The molecule has 1 N–H and O–H groups in total.